The lowest BCUT2D eigenvalue weighted by Crippen LogP contribution is -2.37. The van der Waals surface area contributed by atoms with E-state index in [0.717, 1.165) is 24.3 Å². The Morgan fingerprint density at radius 2 is 1.96 bits per heavy atom. The lowest BCUT2D eigenvalue weighted by atomic mass is 10.3. The van der Waals surface area contributed by atoms with Crippen LogP contribution in [0.25, 0.3) is 0 Å². The number of nitrogens with zero attached hydrogens (tertiary/aromatic N) is 4. The lowest BCUT2D eigenvalue weighted by Gasteiger charge is -2.26. The number of ether oxygens (including phenoxy) is 1. The van der Waals surface area contributed by atoms with Gasteiger partial charge in [0.1, 0.15) is 0 Å². The minimum absolute atomic E-state index is 0.214. The molecule has 2 aromatic rings. The van der Waals surface area contributed by atoms with Gasteiger partial charge in [-0.2, -0.15) is 0 Å². The van der Waals surface area contributed by atoms with Crippen LogP contribution in [0.2, 0.25) is 10.0 Å². The van der Waals surface area contributed by atoms with Crippen LogP contribution in [0.15, 0.2) is 24.4 Å². The van der Waals surface area contributed by atoms with E-state index in [4.69, 9.17) is 27.9 Å². The molecule has 4 rings (SSSR count). The maximum Gasteiger partial charge on any atom is 0.322 e. The number of amides is 2. The molecule has 2 amide bonds. The van der Waals surface area contributed by atoms with Gasteiger partial charge in [-0.1, -0.05) is 23.2 Å². The number of urea groups is 1. The third kappa shape index (κ3) is 3.56. The molecule has 9 heteroatoms. The third-order valence-corrected chi connectivity index (χ3v) is 5.13. The van der Waals surface area contributed by atoms with Crippen molar-refractivity contribution in [2.24, 2.45) is 0 Å². The van der Waals surface area contributed by atoms with E-state index in [1.54, 1.807) is 29.3 Å². The quantitative estimate of drug-likeness (QED) is 0.848. The van der Waals surface area contributed by atoms with Crippen molar-refractivity contribution >= 4 is 40.9 Å². The number of morpholine rings is 1. The molecule has 1 saturated heterocycles. The first kappa shape index (κ1) is 17.3. The highest BCUT2D eigenvalue weighted by atomic mass is 35.5. The molecule has 0 bridgehead atoms. The van der Waals surface area contributed by atoms with E-state index in [1.165, 1.54) is 0 Å². The van der Waals surface area contributed by atoms with Gasteiger partial charge >= 0.3 is 6.03 Å². The maximum atomic E-state index is 12.5. The van der Waals surface area contributed by atoms with Crippen molar-refractivity contribution in [2.75, 3.05) is 36.5 Å². The summed E-state index contributed by atoms with van der Waals surface area (Å²) in [4.78, 5) is 25.4. The molecule has 0 saturated carbocycles. The summed E-state index contributed by atoms with van der Waals surface area (Å²) in [6, 6.07) is 4.78. The van der Waals surface area contributed by atoms with E-state index in [9.17, 15) is 4.79 Å². The van der Waals surface area contributed by atoms with Crippen LogP contribution in [0.1, 0.15) is 11.3 Å². The minimum Gasteiger partial charge on any atom is -0.378 e. The van der Waals surface area contributed by atoms with E-state index < -0.39 is 0 Å². The van der Waals surface area contributed by atoms with Gasteiger partial charge in [-0.05, 0) is 18.2 Å². The highest BCUT2D eigenvalue weighted by Gasteiger charge is 2.26. The average molecular weight is 394 g/mol. The first-order valence-electron chi connectivity index (χ1n) is 8.28. The van der Waals surface area contributed by atoms with E-state index in [-0.39, 0.29) is 6.03 Å². The van der Waals surface area contributed by atoms with Crippen molar-refractivity contribution in [1.29, 1.82) is 0 Å². The second kappa shape index (κ2) is 7.26. The molecule has 1 aromatic heterocycles. The second-order valence-corrected chi connectivity index (χ2v) is 6.97. The summed E-state index contributed by atoms with van der Waals surface area (Å²) < 4.78 is 5.36. The van der Waals surface area contributed by atoms with Crippen LogP contribution in [-0.4, -0.2) is 47.2 Å². The van der Waals surface area contributed by atoms with Crippen LogP contribution in [0, 0.1) is 0 Å². The van der Waals surface area contributed by atoms with Gasteiger partial charge in [-0.3, -0.25) is 0 Å². The Morgan fingerprint density at radius 3 is 2.73 bits per heavy atom. The monoisotopic (exact) mass is 393 g/mol. The fourth-order valence-corrected chi connectivity index (χ4v) is 3.28. The number of rotatable bonds is 2. The summed E-state index contributed by atoms with van der Waals surface area (Å²) in [5.74, 6) is 0.693. The fraction of sp³-hybridized carbons (Fsp3) is 0.353. The predicted octanol–water partition coefficient (Wildman–Crippen LogP) is 3.17. The number of anilines is 2. The molecule has 0 aliphatic carbocycles. The Hall–Kier alpha value is -2.09. The zero-order valence-corrected chi connectivity index (χ0v) is 15.4. The molecule has 7 nitrogen and oxygen atoms in total. The molecule has 1 fully saturated rings. The zero-order valence-electron chi connectivity index (χ0n) is 13.9. The van der Waals surface area contributed by atoms with Gasteiger partial charge in [0.2, 0.25) is 5.95 Å². The second-order valence-electron chi connectivity index (χ2n) is 6.16. The Kier molecular flexibility index (Phi) is 4.84. The SMILES string of the molecule is O=C(Nc1ccc(Cl)c(Cl)c1)N1Cc2cnc(N3CCOCC3)nc2C1. The van der Waals surface area contributed by atoms with Gasteiger partial charge in [0, 0.05) is 30.5 Å². The van der Waals surface area contributed by atoms with Crippen LogP contribution in [0.4, 0.5) is 16.4 Å². The first-order valence-corrected chi connectivity index (χ1v) is 9.04. The van der Waals surface area contributed by atoms with Crippen LogP contribution in [0.5, 0.6) is 0 Å². The standard InChI is InChI=1S/C17H17Cl2N5O2/c18-13-2-1-12(7-14(13)19)21-17(25)24-9-11-8-20-16(22-15(11)10-24)23-3-5-26-6-4-23/h1-2,7-8H,3-6,9-10H2,(H,21,25). The highest BCUT2D eigenvalue weighted by Crippen LogP contribution is 2.27. The highest BCUT2D eigenvalue weighted by molar-refractivity contribution is 6.42. The molecule has 3 heterocycles. The van der Waals surface area contributed by atoms with E-state index >= 15 is 0 Å². The van der Waals surface area contributed by atoms with Gasteiger partial charge in [0.05, 0.1) is 42.0 Å². The van der Waals surface area contributed by atoms with Crippen LogP contribution in [-0.2, 0) is 17.8 Å². The number of fused-ring (bicyclic) bond motifs is 1. The molecule has 26 heavy (non-hydrogen) atoms. The van der Waals surface area contributed by atoms with Crippen molar-refractivity contribution in [3.63, 3.8) is 0 Å². The number of carbonyl (C=O) groups is 1. The Bertz CT molecular complexity index is 842. The largest absolute Gasteiger partial charge is 0.378 e. The summed E-state index contributed by atoms with van der Waals surface area (Å²) in [5, 5.41) is 3.68. The van der Waals surface area contributed by atoms with Crippen molar-refractivity contribution in [1.82, 2.24) is 14.9 Å². The smallest absolute Gasteiger partial charge is 0.322 e. The minimum atomic E-state index is -0.214. The Labute approximate surface area is 160 Å². The predicted molar refractivity (Wildman–Crippen MR) is 99.8 cm³/mol. The van der Waals surface area contributed by atoms with Crippen molar-refractivity contribution < 1.29 is 9.53 Å². The fourth-order valence-electron chi connectivity index (χ4n) is 2.98. The molecular formula is C17H17Cl2N5O2. The van der Waals surface area contributed by atoms with Gasteiger partial charge in [-0.15, -0.1) is 0 Å². The third-order valence-electron chi connectivity index (χ3n) is 4.40. The number of nitrogens with one attached hydrogen (secondary N) is 1. The van der Waals surface area contributed by atoms with E-state index in [2.05, 4.69) is 20.2 Å². The van der Waals surface area contributed by atoms with E-state index in [1.807, 2.05) is 0 Å². The van der Waals surface area contributed by atoms with Crippen molar-refractivity contribution in [2.45, 2.75) is 13.1 Å². The molecule has 0 radical (unpaired) electrons. The summed E-state index contributed by atoms with van der Waals surface area (Å²) in [6.45, 7) is 3.84. The van der Waals surface area contributed by atoms with Gasteiger partial charge in [-0.25, -0.2) is 14.8 Å². The molecule has 0 spiro atoms. The van der Waals surface area contributed by atoms with Crippen LogP contribution in [0.3, 0.4) is 0 Å². The first-order chi connectivity index (χ1) is 12.6. The van der Waals surface area contributed by atoms with Gasteiger partial charge in [0.25, 0.3) is 0 Å². The molecule has 136 valence electrons. The number of halogens is 2. The number of aromatic nitrogens is 2. The molecular weight excluding hydrogens is 377 g/mol. The summed E-state index contributed by atoms with van der Waals surface area (Å²) >= 11 is 11.9. The molecule has 1 aromatic carbocycles. The number of hydrogen-bond acceptors (Lipinski definition) is 5. The molecule has 1 N–H and O–H groups in total. The molecule has 0 atom stereocenters. The van der Waals surface area contributed by atoms with Gasteiger partial charge in [0.15, 0.2) is 0 Å². The lowest BCUT2D eigenvalue weighted by molar-refractivity contribution is 0.122. The van der Waals surface area contributed by atoms with Crippen molar-refractivity contribution in [3.8, 4) is 0 Å². The normalized spacial score (nSPS) is 16.5. The molecule has 2 aliphatic heterocycles. The van der Waals surface area contributed by atoms with E-state index in [0.29, 0.717) is 48.0 Å². The van der Waals surface area contributed by atoms with Crippen molar-refractivity contribution in [3.05, 3.63) is 45.7 Å². The Balaban J connectivity index is 1.44. The van der Waals surface area contributed by atoms with Crippen LogP contribution >= 0.6 is 23.2 Å². The van der Waals surface area contributed by atoms with Gasteiger partial charge < -0.3 is 19.9 Å². The Morgan fingerprint density at radius 1 is 1.15 bits per heavy atom. The summed E-state index contributed by atoms with van der Waals surface area (Å²) in [6.07, 6.45) is 1.81. The number of hydrogen-bond donors (Lipinski definition) is 1. The maximum absolute atomic E-state index is 12.5. The topological polar surface area (TPSA) is 70.6 Å². The number of carbonyl (C=O) groups excluding carboxylic acids is 1. The average Bonchev–Trinajstić information content (AvgIpc) is 3.09. The zero-order chi connectivity index (χ0) is 18.1. The molecule has 0 unspecified atom stereocenters. The van der Waals surface area contributed by atoms with Crippen LogP contribution < -0.4 is 10.2 Å². The summed E-state index contributed by atoms with van der Waals surface area (Å²) in [5.41, 5.74) is 2.44. The summed E-state index contributed by atoms with van der Waals surface area (Å²) in [7, 11) is 0. The molecule has 2 aliphatic rings. The number of benzene rings is 1.